The van der Waals surface area contributed by atoms with Crippen LogP contribution in [0.2, 0.25) is 0 Å². The second-order valence-corrected chi connectivity index (χ2v) is 20.1. The number of benzene rings is 8. The normalized spacial score (nSPS) is 12.4. The van der Waals surface area contributed by atoms with Crippen molar-refractivity contribution in [2.24, 2.45) is 0 Å². The smallest absolute Gasteiger partial charge is 0.149 e. The molecule has 0 saturated carbocycles. The maximum absolute atomic E-state index is 12.4. The van der Waals surface area contributed by atoms with Crippen LogP contribution in [0.15, 0.2) is 188 Å². The lowest BCUT2D eigenvalue weighted by molar-refractivity contribution is 0.466. The lowest BCUT2D eigenvalue weighted by Crippen LogP contribution is -2.03. The predicted molar refractivity (Wildman–Crippen MR) is 300 cm³/mol. The molecule has 0 bridgehead atoms. The fraction of sp³-hybridized carbons (Fsp3) is 0.194. The van der Waals surface area contributed by atoms with Crippen LogP contribution in [0.1, 0.15) is 110 Å². The van der Waals surface area contributed by atoms with Gasteiger partial charge in [-0.1, -0.05) is 183 Å². The zero-order valence-corrected chi connectivity index (χ0v) is 42.3. The summed E-state index contributed by atoms with van der Waals surface area (Å²) in [5, 5.41) is 12.4. The second-order valence-electron chi connectivity index (χ2n) is 20.1. The molecule has 0 aliphatic rings. The van der Waals surface area contributed by atoms with Crippen LogP contribution in [-0.2, 0) is 0 Å². The van der Waals surface area contributed by atoms with Gasteiger partial charge in [-0.3, -0.25) is 9.55 Å². The third-order valence-electron chi connectivity index (χ3n) is 14.0. The van der Waals surface area contributed by atoms with E-state index in [1.165, 1.54) is 11.1 Å². The van der Waals surface area contributed by atoms with Gasteiger partial charge in [0.05, 0.1) is 28.0 Å². The molecule has 4 nitrogen and oxygen atoms in total. The van der Waals surface area contributed by atoms with Gasteiger partial charge in [-0.2, -0.15) is 0 Å². The van der Waals surface area contributed by atoms with E-state index in [9.17, 15) is 5.11 Å². The zero-order chi connectivity index (χ0) is 51.3. The number of rotatable bonds is 12. The molecule has 1 N–H and O–H groups in total. The molecule has 0 atom stereocenters. The van der Waals surface area contributed by atoms with Gasteiger partial charge in [0.2, 0.25) is 0 Å². The van der Waals surface area contributed by atoms with Crippen molar-refractivity contribution in [3.63, 3.8) is 0 Å². The number of fused-ring (bicyclic) bond motifs is 1. The van der Waals surface area contributed by atoms with Gasteiger partial charge in [0.25, 0.3) is 0 Å². The molecule has 352 valence electrons. The SMILES string of the molecule is [2H]C(C)(C)c1cc(-c2ccc(-n3c(-c4cc(C(C)C)cc(C(C)C)c4O)nc4c(-c5cc(-c6ccccc6)cc(-c6cc(-c7ccc(-c8ccccc8)cc7)ccn6)c5)cccc43)c(C)c2)cc(C([2H])(C)C)c1. The zero-order valence-electron chi connectivity index (χ0n) is 44.3. The minimum atomic E-state index is -0.841. The summed E-state index contributed by atoms with van der Waals surface area (Å²) in [4.78, 5) is 10.6. The third-order valence-corrected chi connectivity index (χ3v) is 14.0. The molecule has 0 spiro atoms. The number of phenols is 1. The maximum Gasteiger partial charge on any atom is 0.149 e. The molecule has 0 aliphatic carbocycles. The molecule has 10 rings (SSSR count). The van der Waals surface area contributed by atoms with Gasteiger partial charge < -0.3 is 5.11 Å². The van der Waals surface area contributed by atoms with Crippen LogP contribution < -0.4 is 0 Å². The molecule has 10 aromatic rings. The van der Waals surface area contributed by atoms with E-state index in [1.807, 2.05) is 52.1 Å². The number of aryl methyl sites for hydroxylation is 1. The van der Waals surface area contributed by atoms with E-state index >= 15 is 0 Å². The number of phenolic OH excluding ortho intramolecular Hbond substituents is 1. The van der Waals surface area contributed by atoms with Crippen molar-refractivity contribution < 1.29 is 7.85 Å². The van der Waals surface area contributed by atoms with Gasteiger partial charge >= 0.3 is 0 Å². The van der Waals surface area contributed by atoms with E-state index in [2.05, 4.69) is 203 Å². The van der Waals surface area contributed by atoms with Gasteiger partial charge in [0, 0.05) is 20.1 Å². The van der Waals surface area contributed by atoms with Gasteiger partial charge in [0.1, 0.15) is 11.6 Å². The molecule has 0 aliphatic heterocycles. The summed E-state index contributed by atoms with van der Waals surface area (Å²) >= 11 is 0. The molecule has 0 unspecified atom stereocenters. The first-order chi connectivity index (χ1) is 34.9. The molecule has 0 radical (unpaired) electrons. The molecule has 0 amide bonds. The summed E-state index contributed by atoms with van der Waals surface area (Å²) in [5.41, 5.74) is 20.6. The molecule has 8 aromatic carbocycles. The van der Waals surface area contributed by atoms with Crippen molar-refractivity contribution in [3.05, 3.63) is 216 Å². The van der Waals surface area contributed by atoms with E-state index in [0.717, 1.165) is 100 Å². The number of imidazole rings is 1. The lowest BCUT2D eigenvalue weighted by atomic mass is 9.90. The van der Waals surface area contributed by atoms with Gasteiger partial charge in [0.15, 0.2) is 0 Å². The van der Waals surface area contributed by atoms with Crippen molar-refractivity contribution in [3.8, 4) is 89.7 Å². The Balaban J connectivity index is 1.17. The summed E-state index contributed by atoms with van der Waals surface area (Å²) in [6.45, 7) is 18.4. The summed E-state index contributed by atoms with van der Waals surface area (Å²) < 4.78 is 20.1. The maximum atomic E-state index is 12.4. The van der Waals surface area contributed by atoms with E-state index in [-0.39, 0.29) is 17.6 Å². The Kier molecular flexibility index (Phi) is 12.2. The Morgan fingerprint density at radius 3 is 1.63 bits per heavy atom. The van der Waals surface area contributed by atoms with Crippen LogP contribution in [0.5, 0.6) is 5.75 Å². The van der Waals surface area contributed by atoms with E-state index in [1.54, 1.807) is 0 Å². The third kappa shape index (κ3) is 9.35. The molecule has 4 heteroatoms. The average molecular weight is 928 g/mol. The van der Waals surface area contributed by atoms with Gasteiger partial charge in [-0.25, -0.2) is 4.98 Å². The quantitative estimate of drug-likeness (QED) is 0.133. The van der Waals surface area contributed by atoms with E-state index in [0.29, 0.717) is 11.4 Å². The fourth-order valence-electron chi connectivity index (χ4n) is 9.82. The Morgan fingerprint density at radius 2 is 1.01 bits per heavy atom. The lowest BCUT2D eigenvalue weighted by Gasteiger charge is -2.19. The van der Waals surface area contributed by atoms with E-state index < -0.39 is 11.8 Å². The average Bonchev–Trinajstić information content (AvgIpc) is 3.77. The van der Waals surface area contributed by atoms with Crippen LogP contribution >= 0.6 is 0 Å². The highest BCUT2D eigenvalue weighted by molar-refractivity contribution is 5.98. The van der Waals surface area contributed by atoms with Crippen molar-refractivity contribution in [1.82, 2.24) is 14.5 Å². The Labute approximate surface area is 423 Å². The van der Waals surface area contributed by atoms with E-state index in [4.69, 9.17) is 12.7 Å². The standard InChI is InChI=1S/C67H63N3O/c1-41(2)52-32-53(42(3)4)34-56(33-52)50-27-28-63(45(9)31-50)70-64-22-16-21-59(65(64)69-67(70)61-39-54(43(5)6)38-60(44(7)8)66(61)71)57-35-55(47-19-14-11-15-20-47)36-58(37-57)62-40-51(29-30-68-62)49-25-23-48(24-26-49)46-17-12-10-13-18-46/h10-44,71H,1-9H3/i41D,42D. The van der Waals surface area contributed by atoms with Crippen molar-refractivity contribution in [2.45, 2.75) is 85.9 Å². The first-order valence-electron chi connectivity index (χ1n) is 25.9. The fourth-order valence-corrected chi connectivity index (χ4v) is 9.82. The monoisotopic (exact) mass is 928 g/mol. The number of aromatic nitrogens is 3. The summed E-state index contributed by atoms with van der Waals surface area (Å²) in [6, 6.07) is 64.0. The largest absolute Gasteiger partial charge is 0.507 e. The summed E-state index contributed by atoms with van der Waals surface area (Å²) in [5.74, 6) is -0.493. The Hall–Kier alpha value is -7.82. The number of pyridine rings is 1. The molecular formula is C67H63N3O. The van der Waals surface area contributed by atoms with Crippen LogP contribution in [0.4, 0.5) is 0 Å². The number of para-hydroxylation sites is 1. The predicted octanol–water partition coefficient (Wildman–Crippen LogP) is 18.6. The van der Waals surface area contributed by atoms with Gasteiger partial charge in [-0.05, 0) is 163 Å². The van der Waals surface area contributed by atoms with Crippen molar-refractivity contribution in [1.29, 1.82) is 0 Å². The Morgan fingerprint density at radius 1 is 0.451 bits per heavy atom. The topological polar surface area (TPSA) is 50.9 Å². The number of hydrogen-bond donors (Lipinski definition) is 1. The summed E-state index contributed by atoms with van der Waals surface area (Å²) in [7, 11) is 0. The highest BCUT2D eigenvalue weighted by atomic mass is 16.3. The molecule has 0 saturated heterocycles. The molecule has 71 heavy (non-hydrogen) atoms. The summed E-state index contributed by atoms with van der Waals surface area (Å²) in [6.07, 6.45) is 1.90. The molecular weight excluding hydrogens is 863 g/mol. The highest BCUT2D eigenvalue weighted by Crippen LogP contribution is 2.44. The number of nitrogens with zero attached hydrogens (tertiary/aromatic N) is 3. The van der Waals surface area contributed by atoms with Crippen molar-refractivity contribution in [2.75, 3.05) is 0 Å². The van der Waals surface area contributed by atoms with Crippen LogP contribution in [-0.4, -0.2) is 19.6 Å². The number of aromatic hydroxyl groups is 1. The highest BCUT2D eigenvalue weighted by Gasteiger charge is 2.25. The van der Waals surface area contributed by atoms with Crippen LogP contribution in [0, 0.1) is 6.92 Å². The van der Waals surface area contributed by atoms with Crippen LogP contribution in [0.3, 0.4) is 0 Å². The van der Waals surface area contributed by atoms with Gasteiger partial charge in [-0.15, -0.1) is 0 Å². The van der Waals surface area contributed by atoms with Crippen LogP contribution in [0.25, 0.3) is 95.0 Å². The molecule has 2 aromatic heterocycles. The van der Waals surface area contributed by atoms with Crippen molar-refractivity contribution >= 4 is 11.0 Å². The Bertz CT molecular complexity index is 3620. The second kappa shape index (κ2) is 19.5. The first-order valence-corrected chi connectivity index (χ1v) is 24.9. The first kappa shape index (κ1) is 44.4. The molecule has 0 fully saturated rings. The minimum absolute atomic E-state index is 0.0785. The number of hydrogen-bond acceptors (Lipinski definition) is 3. The molecule has 2 heterocycles. The minimum Gasteiger partial charge on any atom is -0.507 e.